The van der Waals surface area contributed by atoms with E-state index in [0.717, 1.165) is 18.5 Å². The maximum absolute atomic E-state index is 13.1. The molecule has 2 aromatic heterocycles. The van der Waals surface area contributed by atoms with Gasteiger partial charge in [0, 0.05) is 25.3 Å². The number of ether oxygens (including phenoxy) is 2. The molecule has 1 atom stereocenters. The first-order chi connectivity index (χ1) is 17.8. The van der Waals surface area contributed by atoms with Gasteiger partial charge in [0.15, 0.2) is 0 Å². The van der Waals surface area contributed by atoms with Gasteiger partial charge in [0.1, 0.15) is 11.3 Å². The zero-order valence-electron chi connectivity index (χ0n) is 20.2. The number of nitrogens with zero attached hydrogens (tertiary/aromatic N) is 3. The summed E-state index contributed by atoms with van der Waals surface area (Å²) in [6.07, 6.45) is -6.71. The summed E-state index contributed by atoms with van der Waals surface area (Å²) < 4.78 is 89.3. The van der Waals surface area contributed by atoms with Crippen LogP contribution in [-0.2, 0) is 27.3 Å². The number of fused-ring (bicyclic) bond motifs is 2. The lowest BCUT2D eigenvalue weighted by Crippen LogP contribution is -2.46. The monoisotopic (exact) mass is 549 g/mol. The molecule has 2 aliphatic rings. The van der Waals surface area contributed by atoms with Gasteiger partial charge in [-0.25, -0.2) is 5.10 Å². The van der Waals surface area contributed by atoms with Gasteiger partial charge >= 0.3 is 12.4 Å². The number of halogens is 6. The number of pyridine rings is 1. The summed E-state index contributed by atoms with van der Waals surface area (Å²) in [5.41, 5.74) is -4.16. The van der Waals surface area contributed by atoms with E-state index >= 15 is 0 Å². The van der Waals surface area contributed by atoms with Gasteiger partial charge in [-0.3, -0.25) is 14.6 Å². The normalized spacial score (nSPS) is 17.7. The molecule has 15 heteroatoms. The number of H-pyrrole nitrogens is 1. The van der Waals surface area contributed by atoms with E-state index in [9.17, 15) is 35.9 Å². The summed E-state index contributed by atoms with van der Waals surface area (Å²) in [4.78, 5) is 29.8. The molecule has 1 saturated heterocycles. The lowest BCUT2D eigenvalue weighted by atomic mass is 9.77. The number of anilines is 1. The fourth-order valence-corrected chi connectivity index (χ4v) is 4.63. The van der Waals surface area contributed by atoms with Crippen molar-refractivity contribution in [3.8, 4) is 5.75 Å². The zero-order valence-corrected chi connectivity index (χ0v) is 20.2. The molecule has 38 heavy (non-hydrogen) atoms. The molecular weight excluding hydrogens is 524 g/mol. The van der Waals surface area contributed by atoms with E-state index in [1.165, 1.54) is 0 Å². The number of rotatable bonds is 7. The van der Waals surface area contributed by atoms with Gasteiger partial charge in [-0.1, -0.05) is 0 Å². The quantitative estimate of drug-likeness (QED) is 0.403. The molecule has 0 bridgehead atoms. The van der Waals surface area contributed by atoms with Gasteiger partial charge in [-0.05, 0) is 25.8 Å². The number of carbonyl (C=O) groups excluding carboxylic acids is 1. The van der Waals surface area contributed by atoms with Crippen LogP contribution in [0.5, 0.6) is 5.75 Å². The Morgan fingerprint density at radius 3 is 2.58 bits per heavy atom. The third-order valence-electron chi connectivity index (χ3n) is 6.63. The Labute approximate surface area is 212 Å². The van der Waals surface area contributed by atoms with Gasteiger partial charge in [0.25, 0.3) is 5.56 Å². The van der Waals surface area contributed by atoms with Gasteiger partial charge in [-0.2, -0.15) is 31.4 Å². The van der Waals surface area contributed by atoms with Crippen LogP contribution in [0.4, 0.5) is 32.0 Å². The molecule has 1 fully saturated rings. The lowest BCUT2D eigenvalue weighted by molar-refractivity contribution is -0.138. The molecule has 0 unspecified atom stereocenters. The Balaban J connectivity index is 1.23. The van der Waals surface area contributed by atoms with E-state index in [1.54, 1.807) is 16.9 Å². The van der Waals surface area contributed by atoms with Crippen LogP contribution in [0.3, 0.4) is 0 Å². The minimum absolute atomic E-state index is 0.0276. The first-order valence-corrected chi connectivity index (χ1v) is 11.8. The highest BCUT2D eigenvalue weighted by atomic mass is 19.4. The van der Waals surface area contributed by atoms with E-state index in [-0.39, 0.29) is 37.9 Å². The molecule has 2 N–H and O–H groups in total. The SMILES string of the molecule is C[C@@H](COCCC(=O)N1CCC2(CC1)COc1cc(C(F)(F)F)cnc12)Nc1cn[nH]c(=O)c1C(F)(F)F. The lowest BCUT2D eigenvalue weighted by Gasteiger charge is -2.38. The summed E-state index contributed by atoms with van der Waals surface area (Å²) in [5, 5.41) is 7.70. The molecule has 2 aliphatic heterocycles. The van der Waals surface area contributed by atoms with Crippen LogP contribution in [0.25, 0.3) is 0 Å². The number of nitrogens with one attached hydrogen (secondary N) is 2. The second kappa shape index (κ2) is 10.4. The first-order valence-electron chi connectivity index (χ1n) is 11.8. The number of aromatic nitrogens is 3. The Bertz CT molecular complexity index is 1220. The average molecular weight is 549 g/mol. The predicted molar refractivity (Wildman–Crippen MR) is 121 cm³/mol. The van der Waals surface area contributed by atoms with Gasteiger partial charge in [0.2, 0.25) is 5.91 Å². The molecule has 0 aromatic carbocycles. The van der Waals surface area contributed by atoms with Crippen molar-refractivity contribution in [2.45, 2.75) is 50.0 Å². The highest BCUT2D eigenvalue weighted by Gasteiger charge is 2.46. The maximum Gasteiger partial charge on any atom is 0.423 e. The van der Waals surface area contributed by atoms with E-state index in [1.807, 2.05) is 0 Å². The molecule has 0 aliphatic carbocycles. The fraction of sp³-hybridized carbons (Fsp3) is 0.565. The molecule has 4 rings (SSSR count). The molecule has 9 nitrogen and oxygen atoms in total. The van der Waals surface area contributed by atoms with E-state index in [2.05, 4.69) is 15.4 Å². The summed E-state index contributed by atoms with van der Waals surface area (Å²) >= 11 is 0. The van der Waals surface area contributed by atoms with Crippen LogP contribution >= 0.6 is 0 Å². The molecule has 2 aromatic rings. The third kappa shape index (κ3) is 5.87. The van der Waals surface area contributed by atoms with Crippen LogP contribution in [0.1, 0.15) is 43.0 Å². The number of hydrogen-bond donors (Lipinski definition) is 2. The van der Waals surface area contributed by atoms with Gasteiger partial charge < -0.3 is 19.7 Å². The van der Waals surface area contributed by atoms with E-state index < -0.39 is 46.2 Å². The fourth-order valence-electron chi connectivity index (χ4n) is 4.63. The van der Waals surface area contributed by atoms with Crippen LogP contribution in [0.15, 0.2) is 23.3 Å². The third-order valence-corrected chi connectivity index (χ3v) is 6.63. The van der Waals surface area contributed by atoms with Crippen molar-refractivity contribution >= 4 is 11.6 Å². The number of carbonyl (C=O) groups is 1. The minimum atomic E-state index is -4.87. The van der Waals surface area contributed by atoms with Crippen LogP contribution < -0.4 is 15.6 Å². The highest BCUT2D eigenvalue weighted by Crippen LogP contribution is 2.46. The van der Waals surface area contributed by atoms with Crippen molar-refractivity contribution in [1.29, 1.82) is 0 Å². The second-order valence-corrected chi connectivity index (χ2v) is 9.37. The van der Waals surface area contributed by atoms with Crippen LogP contribution in [0, 0.1) is 0 Å². The number of piperidine rings is 1. The summed E-state index contributed by atoms with van der Waals surface area (Å²) in [7, 11) is 0. The minimum Gasteiger partial charge on any atom is -0.491 e. The topological polar surface area (TPSA) is 109 Å². The maximum atomic E-state index is 13.1. The Morgan fingerprint density at radius 2 is 1.92 bits per heavy atom. The molecule has 208 valence electrons. The largest absolute Gasteiger partial charge is 0.491 e. The van der Waals surface area contributed by atoms with Crippen molar-refractivity contribution in [2.75, 3.05) is 38.2 Å². The smallest absolute Gasteiger partial charge is 0.423 e. The van der Waals surface area contributed by atoms with Gasteiger partial charge in [0.05, 0.1) is 54.8 Å². The number of hydrogen-bond acceptors (Lipinski definition) is 7. The molecule has 1 amide bonds. The molecule has 4 heterocycles. The number of aromatic amines is 1. The summed E-state index contributed by atoms with van der Waals surface area (Å²) in [5.74, 6) is -0.0629. The van der Waals surface area contributed by atoms with Crippen molar-refractivity contribution in [1.82, 2.24) is 20.1 Å². The second-order valence-electron chi connectivity index (χ2n) is 9.37. The zero-order chi connectivity index (χ0) is 27.7. The molecule has 1 spiro atoms. The van der Waals surface area contributed by atoms with Crippen molar-refractivity contribution in [2.24, 2.45) is 0 Å². The molecule has 0 radical (unpaired) electrons. The standard InChI is InChI=1S/C23H25F6N5O4/c1-13(32-15-10-31-33-20(36)18(15)23(27,28)29)11-37-7-2-17(35)34-5-3-21(4-6-34)12-38-16-8-14(22(24,25)26)9-30-19(16)21/h8-10,13H,2-7,11-12H2,1H3,(H2,32,33,36)/t13-/m0/s1. The van der Waals surface area contributed by atoms with Crippen molar-refractivity contribution in [3.05, 3.63) is 45.6 Å². The Kier molecular flexibility index (Phi) is 7.59. The molecule has 0 saturated carbocycles. The van der Waals surface area contributed by atoms with E-state index in [4.69, 9.17) is 9.47 Å². The average Bonchev–Trinajstić information content (AvgIpc) is 3.18. The number of amides is 1. The highest BCUT2D eigenvalue weighted by molar-refractivity contribution is 5.76. The van der Waals surface area contributed by atoms with E-state index in [0.29, 0.717) is 31.6 Å². The Hall–Kier alpha value is -3.36. The van der Waals surface area contributed by atoms with Crippen LogP contribution in [0.2, 0.25) is 0 Å². The Morgan fingerprint density at radius 1 is 1.21 bits per heavy atom. The van der Waals surface area contributed by atoms with Crippen molar-refractivity contribution < 1.29 is 40.6 Å². The molecular formula is C23H25F6N5O4. The van der Waals surface area contributed by atoms with Crippen LogP contribution in [-0.4, -0.2) is 64.9 Å². The number of likely N-dealkylation sites (tertiary alicyclic amines) is 1. The number of alkyl halides is 6. The predicted octanol–water partition coefficient (Wildman–Crippen LogP) is 3.36. The van der Waals surface area contributed by atoms with Gasteiger partial charge in [-0.15, -0.1) is 0 Å². The summed E-state index contributed by atoms with van der Waals surface area (Å²) in [6, 6.07) is 0.343. The first kappa shape index (κ1) is 27.7. The summed E-state index contributed by atoms with van der Waals surface area (Å²) in [6.45, 7) is 2.50. The van der Waals surface area contributed by atoms with Crippen molar-refractivity contribution in [3.63, 3.8) is 0 Å².